The second-order valence-electron chi connectivity index (χ2n) is 6.78. The molecular weight excluding hydrogens is 290 g/mol. The number of rotatable bonds is 8. The van der Waals surface area contributed by atoms with Gasteiger partial charge in [0.2, 0.25) is 0 Å². The fourth-order valence-corrected chi connectivity index (χ4v) is 2.76. The fraction of sp³-hybridized carbons (Fsp3) is 0.867. The van der Waals surface area contributed by atoms with E-state index >= 15 is 0 Å². The Hall–Kier alpha value is -0.910. The van der Waals surface area contributed by atoms with Crippen molar-refractivity contribution >= 4 is 23.8 Å². The number of ether oxygens (including phenoxy) is 1. The topological polar surface area (TPSA) is 75.6 Å². The number of carbonyl (C=O) groups excluding carboxylic acids is 1. The van der Waals surface area contributed by atoms with Gasteiger partial charge in [0.1, 0.15) is 5.60 Å². The molecule has 0 aliphatic heterocycles. The summed E-state index contributed by atoms with van der Waals surface area (Å²) in [7, 11) is 0. The first-order valence-electron chi connectivity index (χ1n) is 7.21. The zero-order valence-corrected chi connectivity index (χ0v) is 14.8. The van der Waals surface area contributed by atoms with Crippen LogP contribution in [-0.4, -0.2) is 41.3 Å². The van der Waals surface area contributed by atoms with Crippen LogP contribution in [0, 0.1) is 11.3 Å². The molecule has 6 heteroatoms. The fourth-order valence-electron chi connectivity index (χ4n) is 2.17. The van der Waals surface area contributed by atoms with Crippen molar-refractivity contribution in [3.8, 4) is 0 Å². The minimum Gasteiger partial charge on any atom is -0.481 e. The average Bonchev–Trinajstić information content (AvgIpc) is 2.29. The summed E-state index contributed by atoms with van der Waals surface area (Å²) in [6, 6.07) is 0. The Bertz CT molecular complexity index is 352. The van der Waals surface area contributed by atoms with E-state index in [1.807, 2.05) is 20.1 Å². The maximum atomic E-state index is 11.8. The molecule has 21 heavy (non-hydrogen) atoms. The molecular formula is C15H29NO4S. The second-order valence-corrected chi connectivity index (χ2v) is 7.77. The van der Waals surface area contributed by atoms with Crippen molar-refractivity contribution < 1.29 is 19.4 Å². The van der Waals surface area contributed by atoms with Gasteiger partial charge in [0.25, 0.3) is 0 Å². The van der Waals surface area contributed by atoms with E-state index in [4.69, 9.17) is 4.74 Å². The predicted octanol–water partition coefficient (Wildman–Crippen LogP) is 3.38. The number of aliphatic carboxylic acids is 1. The summed E-state index contributed by atoms with van der Waals surface area (Å²) < 4.78 is 5.17. The van der Waals surface area contributed by atoms with Crippen molar-refractivity contribution in [3.05, 3.63) is 0 Å². The van der Waals surface area contributed by atoms with Crippen molar-refractivity contribution in [2.24, 2.45) is 11.3 Å². The van der Waals surface area contributed by atoms with Crippen LogP contribution in [0.4, 0.5) is 4.79 Å². The number of thioether (sulfide) groups is 1. The van der Waals surface area contributed by atoms with Gasteiger partial charge in [0.05, 0.1) is 5.41 Å². The van der Waals surface area contributed by atoms with E-state index < -0.39 is 23.1 Å². The van der Waals surface area contributed by atoms with Crippen molar-refractivity contribution in [1.82, 2.24) is 5.32 Å². The monoisotopic (exact) mass is 319 g/mol. The molecule has 5 nitrogen and oxygen atoms in total. The Morgan fingerprint density at radius 3 is 2.24 bits per heavy atom. The van der Waals surface area contributed by atoms with E-state index in [1.165, 1.54) is 0 Å². The van der Waals surface area contributed by atoms with Crippen LogP contribution < -0.4 is 5.32 Å². The van der Waals surface area contributed by atoms with Gasteiger partial charge in [-0.3, -0.25) is 4.79 Å². The maximum Gasteiger partial charge on any atom is 0.407 e. The molecule has 0 aliphatic carbocycles. The molecule has 0 heterocycles. The Morgan fingerprint density at radius 1 is 1.29 bits per heavy atom. The third kappa shape index (κ3) is 8.19. The molecule has 0 radical (unpaired) electrons. The van der Waals surface area contributed by atoms with Crippen molar-refractivity contribution in [2.45, 2.75) is 53.1 Å². The molecule has 2 N–H and O–H groups in total. The predicted molar refractivity (Wildman–Crippen MR) is 86.8 cm³/mol. The molecule has 0 bridgehead atoms. The SMILES string of the molecule is CSCCC(CNC(=O)OC(C)(C)C)(CC(C)C)C(=O)O. The number of alkyl carbamates (subject to hydrolysis) is 1. The van der Waals surface area contributed by atoms with Crippen molar-refractivity contribution in [1.29, 1.82) is 0 Å². The van der Waals surface area contributed by atoms with E-state index in [0.717, 1.165) is 5.75 Å². The van der Waals surface area contributed by atoms with Crippen LogP contribution in [0.5, 0.6) is 0 Å². The Kier molecular flexibility index (Phi) is 8.14. The molecule has 0 aromatic rings. The standard InChI is InChI=1S/C15H29NO4S/c1-11(2)9-15(12(17)18,7-8-21-6)10-16-13(19)20-14(3,4)5/h11H,7-10H2,1-6H3,(H,16,19)(H,17,18). The number of carbonyl (C=O) groups is 2. The average molecular weight is 319 g/mol. The molecule has 0 aromatic heterocycles. The summed E-state index contributed by atoms with van der Waals surface area (Å²) >= 11 is 1.61. The highest BCUT2D eigenvalue weighted by atomic mass is 32.2. The summed E-state index contributed by atoms with van der Waals surface area (Å²) in [4.78, 5) is 23.5. The largest absolute Gasteiger partial charge is 0.481 e. The molecule has 0 aliphatic rings. The van der Waals surface area contributed by atoms with Crippen LogP contribution in [0.15, 0.2) is 0 Å². The lowest BCUT2D eigenvalue weighted by Gasteiger charge is -2.31. The number of hydrogen-bond acceptors (Lipinski definition) is 4. The Balaban J connectivity index is 4.87. The van der Waals surface area contributed by atoms with Gasteiger partial charge in [0, 0.05) is 6.54 Å². The quantitative estimate of drug-likeness (QED) is 0.717. The van der Waals surface area contributed by atoms with Crippen molar-refractivity contribution in [3.63, 3.8) is 0 Å². The van der Waals surface area contributed by atoms with Gasteiger partial charge in [-0.05, 0) is 51.5 Å². The Labute approximate surface area is 132 Å². The number of amides is 1. The Morgan fingerprint density at radius 2 is 1.86 bits per heavy atom. The van der Waals surface area contributed by atoms with Gasteiger partial charge in [-0.15, -0.1) is 0 Å². The van der Waals surface area contributed by atoms with Gasteiger partial charge in [-0.2, -0.15) is 11.8 Å². The summed E-state index contributed by atoms with van der Waals surface area (Å²) in [6.07, 6.45) is 2.43. The lowest BCUT2D eigenvalue weighted by molar-refractivity contribution is -0.149. The van der Waals surface area contributed by atoms with E-state index in [2.05, 4.69) is 5.32 Å². The minimum atomic E-state index is -0.936. The van der Waals surface area contributed by atoms with Gasteiger partial charge in [-0.1, -0.05) is 13.8 Å². The third-order valence-electron chi connectivity index (χ3n) is 3.01. The third-order valence-corrected chi connectivity index (χ3v) is 3.62. The van der Waals surface area contributed by atoms with Crippen LogP contribution in [0.1, 0.15) is 47.5 Å². The molecule has 0 saturated carbocycles. The number of carboxylic acids is 1. The van der Waals surface area contributed by atoms with E-state index in [0.29, 0.717) is 12.8 Å². The van der Waals surface area contributed by atoms with Gasteiger partial charge < -0.3 is 15.2 Å². The lowest BCUT2D eigenvalue weighted by atomic mass is 9.77. The lowest BCUT2D eigenvalue weighted by Crippen LogP contribution is -2.45. The first kappa shape index (κ1) is 20.1. The van der Waals surface area contributed by atoms with Crippen LogP contribution in [0.25, 0.3) is 0 Å². The highest BCUT2D eigenvalue weighted by molar-refractivity contribution is 7.98. The molecule has 0 aromatic carbocycles. The highest BCUT2D eigenvalue weighted by Crippen LogP contribution is 2.32. The molecule has 1 atom stereocenters. The minimum absolute atomic E-state index is 0.0932. The number of carboxylic acid groups (broad SMARTS) is 1. The van der Waals surface area contributed by atoms with Gasteiger partial charge in [0.15, 0.2) is 0 Å². The van der Waals surface area contributed by atoms with Crippen LogP contribution >= 0.6 is 11.8 Å². The zero-order chi connectivity index (χ0) is 16.7. The summed E-state index contributed by atoms with van der Waals surface area (Å²) in [6.45, 7) is 9.40. The van der Waals surface area contributed by atoms with Gasteiger partial charge >= 0.3 is 12.1 Å². The maximum absolute atomic E-state index is 11.8. The molecule has 124 valence electrons. The van der Waals surface area contributed by atoms with Gasteiger partial charge in [-0.25, -0.2) is 4.79 Å². The molecule has 1 unspecified atom stereocenters. The number of nitrogens with one attached hydrogen (secondary N) is 1. The summed E-state index contributed by atoms with van der Waals surface area (Å²) in [5, 5.41) is 12.3. The van der Waals surface area contributed by atoms with Crippen molar-refractivity contribution in [2.75, 3.05) is 18.6 Å². The van der Waals surface area contributed by atoms with E-state index in [-0.39, 0.29) is 12.5 Å². The molecule has 0 spiro atoms. The normalized spacial score (nSPS) is 14.6. The molecule has 0 fully saturated rings. The second kappa shape index (κ2) is 8.51. The van der Waals surface area contributed by atoms with E-state index in [9.17, 15) is 14.7 Å². The summed E-state index contributed by atoms with van der Waals surface area (Å²) in [5.41, 5.74) is -1.53. The van der Waals surface area contributed by atoms with Crippen LogP contribution in [0.2, 0.25) is 0 Å². The first-order valence-corrected chi connectivity index (χ1v) is 8.61. The zero-order valence-electron chi connectivity index (χ0n) is 14.0. The molecule has 1 amide bonds. The van der Waals surface area contributed by atoms with Crippen LogP contribution in [-0.2, 0) is 9.53 Å². The van der Waals surface area contributed by atoms with E-state index in [1.54, 1.807) is 32.5 Å². The molecule has 0 rings (SSSR count). The molecule has 0 saturated heterocycles. The first-order chi connectivity index (χ1) is 9.52. The van der Waals surface area contributed by atoms with Crippen LogP contribution in [0.3, 0.4) is 0 Å². The highest BCUT2D eigenvalue weighted by Gasteiger charge is 2.39. The number of hydrogen-bond donors (Lipinski definition) is 2. The summed E-state index contributed by atoms with van der Waals surface area (Å²) in [5.74, 6) is 0.124. The smallest absolute Gasteiger partial charge is 0.407 e.